The number of rotatable bonds is 3. The topological polar surface area (TPSA) is 68.0 Å². The molecule has 1 N–H and O–H groups in total. The van der Waals surface area contributed by atoms with Crippen LogP contribution < -0.4 is 5.32 Å². The van der Waals surface area contributed by atoms with Gasteiger partial charge < -0.3 is 9.84 Å². The van der Waals surface area contributed by atoms with Crippen molar-refractivity contribution in [3.63, 3.8) is 0 Å². The van der Waals surface area contributed by atoms with E-state index in [-0.39, 0.29) is 11.9 Å². The molecule has 0 atom stereocenters. The van der Waals surface area contributed by atoms with Crippen molar-refractivity contribution >= 4 is 5.91 Å². The van der Waals surface area contributed by atoms with Gasteiger partial charge in [0, 0.05) is 30.1 Å². The Labute approximate surface area is 130 Å². The maximum Gasteiger partial charge on any atom is 0.273 e. The van der Waals surface area contributed by atoms with E-state index in [2.05, 4.69) is 29.3 Å². The molecule has 0 aliphatic heterocycles. The molecule has 0 spiro atoms. The van der Waals surface area contributed by atoms with Crippen molar-refractivity contribution in [2.75, 3.05) is 0 Å². The average Bonchev–Trinajstić information content (AvgIpc) is 3.00. The molecule has 0 saturated heterocycles. The van der Waals surface area contributed by atoms with Crippen molar-refractivity contribution in [2.24, 2.45) is 5.41 Å². The normalized spacial score (nSPS) is 18.1. The predicted octanol–water partition coefficient (Wildman–Crippen LogP) is 3.44. The van der Waals surface area contributed by atoms with Gasteiger partial charge in [0.05, 0.1) is 0 Å². The summed E-state index contributed by atoms with van der Waals surface area (Å²) in [5.74, 6) is 0.422. The van der Waals surface area contributed by atoms with Crippen LogP contribution in [0.4, 0.5) is 0 Å². The molecule has 0 radical (unpaired) electrons. The summed E-state index contributed by atoms with van der Waals surface area (Å²) in [4.78, 5) is 16.2. The van der Waals surface area contributed by atoms with Crippen molar-refractivity contribution in [1.29, 1.82) is 0 Å². The zero-order valence-corrected chi connectivity index (χ0v) is 13.0. The zero-order valence-electron chi connectivity index (χ0n) is 13.0. The van der Waals surface area contributed by atoms with Crippen molar-refractivity contribution in [1.82, 2.24) is 15.5 Å². The van der Waals surface area contributed by atoms with Crippen LogP contribution in [0.15, 0.2) is 35.1 Å². The molecule has 1 aliphatic rings. The fourth-order valence-corrected chi connectivity index (χ4v) is 2.84. The van der Waals surface area contributed by atoms with Crippen LogP contribution in [-0.4, -0.2) is 22.1 Å². The molecule has 1 amide bonds. The number of nitrogens with zero attached hydrogens (tertiary/aromatic N) is 2. The third-order valence-corrected chi connectivity index (χ3v) is 4.38. The molecule has 3 rings (SSSR count). The van der Waals surface area contributed by atoms with Crippen LogP contribution in [0.25, 0.3) is 11.3 Å². The van der Waals surface area contributed by atoms with Crippen LogP contribution in [0.1, 0.15) is 50.0 Å². The molecule has 2 aromatic heterocycles. The van der Waals surface area contributed by atoms with Crippen LogP contribution in [-0.2, 0) is 0 Å². The molecule has 1 aliphatic carbocycles. The summed E-state index contributed by atoms with van der Waals surface area (Å²) < 4.78 is 5.26. The number of amides is 1. The van der Waals surface area contributed by atoms with Gasteiger partial charge in [-0.1, -0.05) is 19.0 Å². The fourth-order valence-electron chi connectivity index (χ4n) is 2.84. The minimum Gasteiger partial charge on any atom is -0.355 e. The monoisotopic (exact) mass is 299 g/mol. The van der Waals surface area contributed by atoms with E-state index in [1.807, 2.05) is 12.1 Å². The van der Waals surface area contributed by atoms with E-state index in [0.717, 1.165) is 31.2 Å². The zero-order chi connectivity index (χ0) is 15.6. The Kier molecular flexibility index (Phi) is 3.96. The van der Waals surface area contributed by atoms with Crippen LogP contribution >= 0.6 is 0 Å². The first-order valence-corrected chi connectivity index (χ1v) is 7.71. The second kappa shape index (κ2) is 5.91. The molecule has 22 heavy (non-hydrogen) atoms. The van der Waals surface area contributed by atoms with E-state index in [1.165, 1.54) is 0 Å². The van der Waals surface area contributed by atoms with Crippen molar-refractivity contribution in [2.45, 2.75) is 45.6 Å². The van der Waals surface area contributed by atoms with E-state index in [0.29, 0.717) is 16.9 Å². The van der Waals surface area contributed by atoms with E-state index >= 15 is 0 Å². The highest BCUT2D eigenvalue weighted by Gasteiger charge is 2.28. The van der Waals surface area contributed by atoms with Gasteiger partial charge in [0.15, 0.2) is 11.5 Å². The quantitative estimate of drug-likeness (QED) is 0.942. The summed E-state index contributed by atoms with van der Waals surface area (Å²) in [5, 5.41) is 6.94. The van der Waals surface area contributed by atoms with Crippen LogP contribution in [0.5, 0.6) is 0 Å². The van der Waals surface area contributed by atoms with E-state index in [9.17, 15) is 4.79 Å². The van der Waals surface area contributed by atoms with E-state index in [1.54, 1.807) is 18.5 Å². The first kappa shape index (κ1) is 14.8. The first-order chi connectivity index (χ1) is 10.5. The summed E-state index contributed by atoms with van der Waals surface area (Å²) in [6, 6.07) is 5.57. The smallest absolute Gasteiger partial charge is 0.273 e. The molecule has 1 fully saturated rings. The molecule has 2 aromatic rings. The van der Waals surface area contributed by atoms with Gasteiger partial charge in [-0.3, -0.25) is 9.78 Å². The lowest BCUT2D eigenvalue weighted by atomic mass is 9.75. The van der Waals surface area contributed by atoms with Gasteiger partial charge in [0.25, 0.3) is 5.91 Å². The number of aromatic nitrogens is 2. The summed E-state index contributed by atoms with van der Waals surface area (Å²) in [6.07, 6.45) is 7.68. The van der Waals surface area contributed by atoms with Crippen molar-refractivity contribution in [3.05, 3.63) is 36.3 Å². The number of hydrogen-bond acceptors (Lipinski definition) is 4. The Morgan fingerprint density at radius 1 is 1.27 bits per heavy atom. The van der Waals surface area contributed by atoms with Gasteiger partial charge in [0.2, 0.25) is 0 Å². The average molecular weight is 299 g/mol. The number of pyridine rings is 1. The van der Waals surface area contributed by atoms with Gasteiger partial charge in [-0.15, -0.1) is 0 Å². The third-order valence-electron chi connectivity index (χ3n) is 4.38. The van der Waals surface area contributed by atoms with Crippen LogP contribution in [0.3, 0.4) is 0 Å². The summed E-state index contributed by atoms with van der Waals surface area (Å²) in [7, 11) is 0. The number of carbonyl (C=O) groups excluding carboxylic acids is 1. The molecular weight excluding hydrogens is 278 g/mol. The lowest BCUT2D eigenvalue weighted by Gasteiger charge is -2.34. The maximum absolute atomic E-state index is 12.3. The molecule has 5 nitrogen and oxygen atoms in total. The van der Waals surface area contributed by atoms with Crippen molar-refractivity contribution in [3.8, 4) is 11.3 Å². The molecule has 5 heteroatoms. The number of carbonyl (C=O) groups is 1. The summed E-state index contributed by atoms with van der Waals surface area (Å²) >= 11 is 0. The summed E-state index contributed by atoms with van der Waals surface area (Å²) in [5.41, 5.74) is 1.58. The number of hydrogen-bond donors (Lipinski definition) is 1. The molecular formula is C17H21N3O2. The SMILES string of the molecule is CC1(C)CCC(NC(=O)c2cc(-c3ccncc3)on2)CC1. The highest BCUT2D eigenvalue weighted by Crippen LogP contribution is 2.35. The second-order valence-electron chi connectivity index (χ2n) is 6.72. The largest absolute Gasteiger partial charge is 0.355 e. The molecule has 1 saturated carbocycles. The fraction of sp³-hybridized carbons (Fsp3) is 0.471. The van der Waals surface area contributed by atoms with Gasteiger partial charge in [0.1, 0.15) is 0 Å². The van der Waals surface area contributed by atoms with Gasteiger partial charge in [-0.25, -0.2) is 0 Å². The highest BCUT2D eigenvalue weighted by molar-refractivity contribution is 5.93. The molecule has 0 bridgehead atoms. The summed E-state index contributed by atoms with van der Waals surface area (Å²) in [6.45, 7) is 4.56. The molecule has 116 valence electrons. The van der Waals surface area contributed by atoms with Crippen molar-refractivity contribution < 1.29 is 9.32 Å². The Bertz CT molecular complexity index is 639. The Morgan fingerprint density at radius 3 is 2.64 bits per heavy atom. The minimum atomic E-state index is -0.159. The van der Waals surface area contributed by atoms with Crippen LogP contribution in [0.2, 0.25) is 0 Å². The minimum absolute atomic E-state index is 0.159. The Balaban J connectivity index is 1.63. The van der Waals surface area contributed by atoms with Gasteiger partial charge in [-0.2, -0.15) is 0 Å². The molecule has 0 aromatic carbocycles. The highest BCUT2D eigenvalue weighted by atomic mass is 16.5. The first-order valence-electron chi connectivity index (χ1n) is 7.71. The molecule has 2 heterocycles. The van der Waals surface area contributed by atoms with Gasteiger partial charge in [-0.05, 0) is 43.2 Å². The van der Waals surface area contributed by atoms with E-state index < -0.39 is 0 Å². The lowest BCUT2D eigenvalue weighted by molar-refractivity contribution is 0.0900. The molecule has 0 unspecified atom stereocenters. The lowest BCUT2D eigenvalue weighted by Crippen LogP contribution is -2.39. The van der Waals surface area contributed by atoms with Gasteiger partial charge >= 0.3 is 0 Å². The Hall–Kier alpha value is -2.17. The third kappa shape index (κ3) is 3.35. The second-order valence-corrected chi connectivity index (χ2v) is 6.72. The van der Waals surface area contributed by atoms with E-state index in [4.69, 9.17) is 4.52 Å². The predicted molar refractivity (Wildman–Crippen MR) is 83.2 cm³/mol. The standard InChI is InChI=1S/C17H21N3O2/c1-17(2)7-3-13(4-8-17)19-16(21)14-11-15(22-20-14)12-5-9-18-10-6-12/h5-6,9-11,13H,3-4,7-8H2,1-2H3,(H,19,21). The maximum atomic E-state index is 12.3. The van der Waals surface area contributed by atoms with Crippen LogP contribution in [0, 0.1) is 5.41 Å². The number of nitrogens with one attached hydrogen (secondary N) is 1. The Morgan fingerprint density at radius 2 is 1.95 bits per heavy atom.